The van der Waals surface area contributed by atoms with E-state index in [1.807, 2.05) is 0 Å². The van der Waals surface area contributed by atoms with Gasteiger partial charge in [0, 0.05) is 61.0 Å². The number of halogens is 4. The highest BCUT2D eigenvalue weighted by Crippen LogP contribution is 2.37. The second kappa shape index (κ2) is 12.6. The number of likely N-dealkylation sites (tertiary alicyclic amines) is 1. The quantitative estimate of drug-likeness (QED) is 0.346. The van der Waals surface area contributed by atoms with Gasteiger partial charge in [-0.2, -0.15) is 22.6 Å². The van der Waals surface area contributed by atoms with Gasteiger partial charge in [-0.15, -0.1) is 0 Å². The molecular formula is C30H35F4N5O4S. The lowest BCUT2D eigenvalue weighted by Gasteiger charge is -2.27. The lowest BCUT2D eigenvalue weighted by atomic mass is 9.97. The summed E-state index contributed by atoms with van der Waals surface area (Å²) < 4.78 is 83.0. The Morgan fingerprint density at radius 3 is 2.50 bits per heavy atom. The monoisotopic (exact) mass is 637 g/mol. The summed E-state index contributed by atoms with van der Waals surface area (Å²) in [4.78, 5) is 14.8. The molecule has 0 spiro atoms. The summed E-state index contributed by atoms with van der Waals surface area (Å²) in [5.41, 5.74) is 0.845. The van der Waals surface area contributed by atoms with E-state index >= 15 is 0 Å². The van der Waals surface area contributed by atoms with Gasteiger partial charge in [0.15, 0.2) is 0 Å². The summed E-state index contributed by atoms with van der Waals surface area (Å²) in [6, 6.07) is 8.47. The summed E-state index contributed by atoms with van der Waals surface area (Å²) in [7, 11) is -3.56. The molecule has 2 aliphatic heterocycles. The summed E-state index contributed by atoms with van der Waals surface area (Å²) >= 11 is 0. The topological polar surface area (TPSA) is 108 Å². The van der Waals surface area contributed by atoms with Crippen molar-refractivity contribution in [1.29, 1.82) is 0 Å². The molecule has 14 heteroatoms. The Labute approximate surface area is 253 Å². The minimum atomic E-state index is -4.71. The largest absolute Gasteiger partial charge is 0.416 e. The Kier molecular flexibility index (Phi) is 9.17. The van der Waals surface area contributed by atoms with Gasteiger partial charge < -0.3 is 10.4 Å². The average molecular weight is 638 g/mol. The van der Waals surface area contributed by atoms with Gasteiger partial charge >= 0.3 is 6.18 Å². The number of carbonyl (C=O) groups excluding carboxylic acids is 1. The van der Waals surface area contributed by atoms with Crippen molar-refractivity contribution in [3.8, 4) is 11.3 Å². The number of carbonyl (C=O) groups is 1. The first-order valence-electron chi connectivity index (χ1n) is 14.4. The molecule has 0 saturated carbocycles. The Balaban J connectivity index is 1.48. The number of aliphatic hydroxyl groups excluding tert-OH is 1. The number of aromatic nitrogens is 2. The van der Waals surface area contributed by atoms with Crippen molar-refractivity contribution in [2.45, 2.75) is 64.1 Å². The van der Waals surface area contributed by atoms with Gasteiger partial charge in [-0.25, -0.2) is 12.8 Å². The molecule has 2 unspecified atom stereocenters. The molecule has 5 rings (SSSR count). The highest BCUT2D eigenvalue weighted by molar-refractivity contribution is 7.88. The number of hydrogen-bond acceptors (Lipinski definition) is 6. The molecule has 0 bridgehead atoms. The van der Waals surface area contributed by atoms with E-state index in [-0.39, 0.29) is 30.8 Å². The van der Waals surface area contributed by atoms with Crippen molar-refractivity contribution in [3.05, 3.63) is 76.2 Å². The molecule has 1 fully saturated rings. The van der Waals surface area contributed by atoms with Crippen molar-refractivity contribution in [1.82, 2.24) is 24.3 Å². The van der Waals surface area contributed by atoms with Gasteiger partial charge in [0.25, 0.3) is 5.91 Å². The molecule has 3 aromatic rings. The highest BCUT2D eigenvalue weighted by Gasteiger charge is 2.35. The second-order valence-electron chi connectivity index (χ2n) is 11.5. The predicted octanol–water partition coefficient (Wildman–Crippen LogP) is 3.80. The van der Waals surface area contributed by atoms with E-state index in [2.05, 4.69) is 17.1 Å². The number of amides is 1. The number of nitrogens with one attached hydrogen (secondary N) is 1. The van der Waals surface area contributed by atoms with Crippen LogP contribution in [-0.2, 0) is 42.3 Å². The van der Waals surface area contributed by atoms with E-state index in [9.17, 15) is 35.9 Å². The van der Waals surface area contributed by atoms with Crippen LogP contribution in [0.5, 0.6) is 0 Å². The number of benzene rings is 2. The van der Waals surface area contributed by atoms with Crippen LogP contribution in [0.1, 0.15) is 52.5 Å². The maximum Gasteiger partial charge on any atom is 0.416 e. The van der Waals surface area contributed by atoms with Gasteiger partial charge in [0.05, 0.1) is 30.2 Å². The first-order valence-corrected chi connectivity index (χ1v) is 16.3. The smallest absolute Gasteiger partial charge is 0.390 e. The first-order chi connectivity index (χ1) is 20.7. The zero-order valence-electron chi connectivity index (χ0n) is 24.4. The van der Waals surface area contributed by atoms with E-state index in [0.717, 1.165) is 49.5 Å². The lowest BCUT2D eigenvalue weighted by Crippen LogP contribution is -2.38. The fourth-order valence-electron chi connectivity index (χ4n) is 5.97. The molecule has 1 saturated heterocycles. The number of alkyl halides is 3. The summed E-state index contributed by atoms with van der Waals surface area (Å²) in [6.07, 6.45) is -1.94. The average Bonchev–Trinajstić information content (AvgIpc) is 3.53. The van der Waals surface area contributed by atoms with Crippen LogP contribution < -0.4 is 5.32 Å². The number of β-amino-alcohol motifs (C(OH)–C–C–N with tert-alkyl or cyclic N) is 1. The van der Waals surface area contributed by atoms with Crippen LogP contribution in [0.4, 0.5) is 17.6 Å². The molecule has 2 aromatic carbocycles. The van der Waals surface area contributed by atoms with Crippen LogP contribution in [0, 0.1) is 5.82 Å². The second-order valence-corrected chi connectivity index (χ2v) is 13.5. The fourth-order valence-corrected chi connectivity index (χ4v) is 6.75. The molecule has 238 valence electrons. The summed E-state index contributed by atoms with van der Waals surface area (Å²) in [6.45, 7) is 3.31. The minimum absolute atomic E-state index is 0.0135. The molecule has 44 heavy (non-hydrogen) atoms. The van der Waals surface area contributed by atoms with E-state index in [4.69, 9.17) is 5.10 Å². The van der Waals surface area contributed by atoms with Crippen LogP contribution >= 0.6 is 0 Å². The van der Waals surface area contributed by atoms with Gasteiger partial charge in [0.2, 0.25) is 10.0 Å². The van der Waals surface area contributed by atoms with Gasteiger partial charge in [-0.05, 0) is 68.3 Å². The Morgan fingerprint density at radius 1 is 1.14 bits per heavy atom. The SMILES string of the molecule is CC1CCCN1CC(O)Cn1nc(-c2ccc(C(F)(F)F)c(CNC(=O)c3ccc(F)cc3)c2)c2c1CCN(S(C)(=O)=O)C2. The van der Waals surface area contributed by atoms with Crippen LogP contribution in [-0.4, -0.2) is 76.5 Å². The van der Waals surface area contributed by atoms with E-state index < -0.39 is 46.1 Å². The summed E-state index contributed by atoms with van der Waals surface area (Å²) in [5.74, 6) is -1.22. The number of fused-ring (bicyclic) bond motifs is 1. The van der Waals surface area contributed by atoms with Crippen LogP contribution in [0.2, 0.25) is 0 Å². The first kappa shape index (κ1) is 32.1. The molecule has 3 heterocycles. The molecule has 2 N–H and O–H groups in total. The van der Waals surface area contributed by atoms with E-state index in [1.54, 1.807) is 4.68 Å². The zero-order valence-corrected chi connectivity index (χ0v) is 25.3. The molecule has 0 aliphatic carbocycles. The van der Waals surface area contributed by atoms with Crippen molar-refractivity contribution in [2.75, 3.05) is 25.9 Å². The fraction of sp³-hybridized carbons (Fsp3) is 0.467. The van der Waals surface area contributed by atoms with Crippen molar-refractivity contribution >= 4 is 15.9 Å². The van der Waals surface area contributed by atoms with Gasteiger partial charge in [-0.1, -0.05) is 6.07 Å². The molecule has 1 aromatic heterocycles. The Hall–Kier alpha value is -3.33. The third kappa shape index (κ3) is 7.14. The van der Waals surface area contributed by atoms with Gasteiger partial charge in [-0.3, -0.25) is 14.4 Å². The van der Waals surface area contributed by atoms with Crippen molar-refractivity contribution < 1.29 is 35.9 Å². The summed E-state index contributed by atoms with van der Waals surface area (Å²) in [5, 5.41) is 18.1. The van der Waals surface area contributed by atoms with E-state index in [0.29, 0.717) is 35.8 Å². The number of rotatable bonds is 9. The normalized spacial score (nSPS) is 18.8. The predicted molar refractivity (Wildman–Crippen MR) is 155 cm³/mol. The Bertz CT molecular complexity index is 1630. The molecular weight excluding hydrogens is 602 g/mol. The third-order valence-corrected chi connectivity index (χ3v) is 9.57. The minimum Gasteiger partial charge on any atom is -0.390 e. The molecule has 1 amide bonds. The highest BCUT2D eigenvalue weighted by atomic mass is 32.2. The van der Waals surface area contributed by atoms with Crippen molar-refractivity contribution in [3.63, 3.8) is 0 Å². The zero-order chi connectivity index (χ0) is 31.8. The Morgan fingerprint density at radius 2 is 1.86 bits per heavy atom. The maximum absolute atomic E-state index is 14.0. The number of sulfonamides is 1. The molecule has 0 radical (unpaired) electrons. The molecule has 2 atom stereocenters. The van der Waals surface area contributed by atoms with Crippen LogP contribution in [0.3, 0.4) is 0 Å². The van der Waals surface area contributed by atoms with Crippen molar-refractivity contribution in [2.24, 2.45) is 0 Å². The number of hydrogen-bond donors (Lipinski definition) is 2. The van der Waals surface area contributed by atoms with Crippen LogP contribution in [0.15, 0.2) is 42.5 Å². The molecule has 2 aliphatic rings. The number of nitrogens with zero attached hydrogens (tertiary/aromatic N) is 4. The van der Waals surface area contributed by atoms with E-state index in [1.165, 1.54) is 28.6 Å². The maximum atomic E-state index is 14.0. The number of aliphatic hydroxyl groups is 1. The lowest BCUT2D eigenvalue weighted by molar-refractivity contribution is -0.138. The third-order valence-electron chi connectivity index (χ3n) is 8.32. The molecule has 9 nitrogen and oxygen atoms in total. The van der Waals surface area contributed by atoms with Gasteiger partial charge in [0.1, 0.15) is 5.82 Å². The standard InChI is InChI=1S/C30H35F4N5O4S/c1-19-4-3-12-37(19)16-24(40)17-39-27-11-13-38(44(2,42)43)18-25(27)28(36-39)21-7-10-26(30(32,33)34)22(14-21)15-35-29(41)20-5-8-23(31)9-6-20/h5-10,14,19,24,40H,3-4,11-13,15-18H2,1-2H3,(H,35,41). The van der Waals surface area contributed by atoms with Crippen LogP contribution in [0.25, 0.3) is 11.3 Å².